The summed E-state index contributed by atoms with van der Waals surface area (Å²) in [5.74, 6) is 1.44. The van der Waals surface area contributed by atoms with E-state index in [1.165, 1.54) is 31.4 Å². The average Bonchev–Trinajstić information content (AvgIpc) is 3.42. The van der Waals surface area contributed by atoms with Crippen molar-refractivity contribution in [3.63, 3.8) is 0 Å². The molecule has 0 amide bonds. The number of benzene rings is 1. The lowest BCUT2D eigenvalue weighted by Crippen LogP contribution is -2.45. The molecule has 0 radical (unpaired) electrons. The molecule has 29 heavy (non-hydrogen) atoms. The lowest BCUT2D eigenvalue weighted by atomic mass is 9.63. The molecular weight excluding hydrogens is 358 g/mol. The minimum Gasteiger partial charge on any atom is -0.366 e. The zero-order valence-corrected chi connectivity index (χ0v) is 19.7. The van der Waals surface area contributed by atoms with Gasteiger partial charge in [0.05, 0.1) is 11.6 Å². The largest absolute Gasteiger partial charge is 0.366 e. The van der Waals surface area contributed by atoms with Crippen molar-refractivity contribution < 1.29 is 10.3 Å². The van der Waals surface area contributed by atoms with Crippen molar-refractivity contribution in [1.29, 1.82) is 0 Å². The van der Waals surface area contributed by atoms with E-state index in [2.05, 4.69) is 70.6 Å². The second-order valence-corrected chi connectivity index (χ2v) is 10.1. The molecular formula is C25H42N3O+. The predicted molar refractivity (Wildman–Crippen MR) is 120 cm³/mol. The van der Waals surface area contributed by atoms with Gasteiger partial charge in [-0.2, -0.15) is 5.53 Å². The number of anilines is 1. The van der Waals surface area contributed by atoms with Gasteiger partial charge in [0.1, 0.15) is 11.8 Å². The zero-order valence-electron chi connectivity index (χ0n) is 19.7. The molecule has 2 N–H and O–H groups in total. The summed E-state index contributed by atoms with van der Waals surface area (Å²) in [4.78, 5) is 2.53. The predicted octanol–water partition coefficient (Wildman–Crippen LogP) is 5.45. The first kappa shape index (κ1) is 22.3. The molecule has 1 aliphatic carbocycles. The van der Waals surface area contributed by atoms with Crippen LogP contribution < -0.4 is 10.4 Å². The second-order valence-electron chi connectivity index (χ2n) is 10.1. The van der Waals surface area contributed by atoms with Crippen LogP contribution in [-0.4, -0.2) is 24.3 Å². The molecule has 1 heterocycles. The number of hydrogen-bond acceptors (Lipinski definition) is 3. The molecule has 1 aromatic carbocycles. The normalized spacial score (nSPS) is 30.2. The van der Waals surface area contributed by atoms with Gasteiger partial charge in [0.15, 0.2) is 0 Å². The molecule has 1 aromatic rings. The lowest BCUT2D eigenvalue weighted by molar-refractivity contribution is -0.210. The van der Waals surface area contributed by atoms with Crippen molar-refractivity contribution in [3.8, 4) is 0 Å². The third-order valence-corrected chi connectivity index (χ3v) is 8.30. The summed E-state index contributed by atoms with van der Waals surface area (Å²) < 4.78 is 6.60. The van der Waals surface area contributed by atoms with Gasteiger partial charge < -0.3 is 9.64 Å². The maximum Gasteiger partial charge on any atom is 0.133 e. The van der Waals surface area contributed by atoms with Crippen LogP contribution >= 0.6 is 0 Å². The molecule has 162 valence electrons. The average molecular weight is 401 g/mol. The summed E-state index contributed by atoms with van der Waals surface area (Å²) >= 11 is 0. The van der Waals surface area contributed by atoms with E-state index in [1.807, 2.05) is 6.07 Å². The molecule has 0 aromatic heterocycles. The SMILES string of the molecule is CCC(C1OC12CCC(C(C)(C)CC)CC2C)N(CC)c1ccc(N=[NH2+])c(C)c1. The third kappa shape index (κ3) is 3.97. The first-order valence-electron chi connectivity index (χ1n) is 11.7. The Morgan fingerprint density at radius 2 is 2.03 bits per heavy atom. The van der Waals surface area contributed by atoms with E-state index < -0.39 is 0 Å². The monoisotopic (exact) mass is 400 g/mol. The molecule has 1 spiro atoms. The highest BCUT2D eigenvalue weighted by molar-refractivity contribution is 5.58. The highest BCUT2D eigenvalue weighted by Gasteiger charge is 2.64. The van der Waals surface area contributed by atoms with E-state index in [1.54, 1.807) is 0 Å². The molecule has 4 nitrogen and oxygen atoms in total. The van der Waals surface area contributed by atoms with Crippen molar-refractivity contribution in [3.05, 3.63) is 23.8 Å². The van der Waals surface area contributed by atoms with Gasteiger partial charge in [0.2, 0.25) is 0 Å². The van der Waals surface area contributed by atoms with E-state index in [-0.39, 0.29) is 5.60 Å². The van der Waals surface area contributed by atoms with Crippen molar-refractivity contribution in [2.75, 3.05) is 11.4 Å². The Morgan fingerprint density at radius 1 is 1.31 bits per heavy atom. The molecule has 1 saturated heterocycles. The van der Waals surface area contributed by atoms with Crippen LogP contribution in [-0.2, 0) is 4.74 Å². The summed E-state index contributed by atoms with van der Waals surface area (Å²) in [5, 5.41) is 3.88. The van der Waals surface area contributed by atoms with E-state index in [4.69, 9.17) is 10.3 Å². The van der Waals surface area contributed by atoms with E-state index in [9.17, 15) is 0 Å². The summed E-state index contributed by atoms with van der Waals surface area (Å²) in [6.45, 7) is 17.3. The number of epoxide rings is 1. The molecule has 5 atom stereocenters. The molecule has 0 bridgehead atoms. The molecule has 1 saturated carbocycles. The van der Waals surface area contributed by atoms with Crippen LogP contribution in [0, 0.1) is 24.2 Å². The Bertz CT molecular complexity index is 731. The maximum absolute atomic E-state index is 6.60. The van der Waals surface area contributed by atoms with Crippen LogP contribution in [0.15, 0.2) is 23.3 Å². The Hall–Kier alpha value is -1.42. The second kappa shape index (κ2) is 8.37. The Balaban J connectivity index is 1.77. The topological polar surface area (TPSA) is 53.7 Å². The van der Waals surface area contributed by atoms with Gasteiger partial charge in [-0.25, -0.2) is 0 Å². The first-order valence-corrected chi connectivity index (χ1v) is 11.7. The van der Waals surface area contributed by atoms with Crippen molar-refractivity contribution >= 4 is 11.4 Å². The standard InChI is InChI=1S/C25H41N3O/c1-8-22(28(10-3)20-11-12-21(27-26)17(4)15-20)23-25(29-23)14-13-19(16-18(25)5)24(6,7)9-2/h11-12,15,18-19,22-23,26H,8-10,13-14,16H2,1-7H3/p+1. The quantitative estimate of drug-likeness (QED) is 0.466. The molecule has 3 rings (SSSR count). The highest BCUT2D eigenvalue weighted by atomic mass is 16.6. The van der Waals surface area contributed by atoms with Crippen LogP contribution in [0.4, 0.5) is 11.4 Å². The first-order chi connectivity index (χ1) is 13.7. The fraction of sp³-hybridized carbons (Fsp3) is 0.760. The van der Waals surface area contributed by atoms with Gasteiger partial charge in [-0.3, -0.25) is 0 Å². The Kier molecular flexibility index (Phi) is 6.43. The number of nitrogens with zero attached hydrogens (tertiary/aromatic N) is 2. The van der Waals surface area contributed by atoms with Crippen molar-refractivity contribution in [1.82, 2.24) is 0 Å². The van der Waals surface area contributed by atoms with E-state index in [0.29, 0.717) is 23.5 Å². The van der Waals surface area contributed by atoms with Gasteiger partial charge in [-0.05, 0) is 85.7 Å². The van der Waals surface area contributed by atoms with Crippen LogP contribution in [0.5, 0.6) is 0 Å². The van der Waals surface area contributed by atoms with Crippen molar-refractivity contribution in [2.24, 2.45) is 22.4 Å². The minimum absolute atomic E-state index is 0.0932. The molecule has 2 aliphatic rings. The molecule has 4 heteroatoms. The number of ether oxygens (including phenoxy) is 1. The van der Waals surface area contributed by atoms with Crippen molar-refractivity contribution in [2.45, 2.75) is 98.3 Å². The summed E-state index contributed by atoms with van der Waals surface area (Å²) in [6.07, 6.45) is 6.51. The van der Waals surface area contributed by atoms with Crippen LogP contribution in [0.1, 0.15) is 79.2 Å². The van der Waals surface area contributed by atoms with Gasteiger partial charge in [0, 0.05) is 12.2 Å². The summed E-state index contributed by atoms with van der Waals surface area (Å²) in [7, 11) is 0. The fourth-order valence-corrected chi connectivity index (χ4v) is 5.76. The van der Waals surface area contributed by atoms with Crippen LogP contribution in [0.3, 0.4) is 0 Å². The number of nitrogens with two attached hydrogens (primary N) is 1. The smallest absolute Gasteiger partial charge is 0.133 e. The summed E-state index contributed by atoms with van der Waals surface area (Å²) in [5.41, 5.74) is 9.28. The Labute approximate surface area is 177 Å². The zero-order chi connectivity index (χ0) is 21.4. The maximum atomic E-state index is 6.60. The summed E-state index contributed by atoms with van der Waals surface area (Å²) in [6, 6.07) is 6.82. The fourth-order valence-electron chi connectivity index (χ4n) is 5.76. The minimum atomic E-state index is 0.0932. The van der Waals surface area contributed by atoms with Crippen LogP contribution in [0.25, 0.3) is 0 Å². The molecule has 1 aliphatic heterocycles. The Morgan fingerprint density at radius 3 is 2.55 bits per heavy atom. The lowest BCUT2D eigenvalue weighted by Gasteiger charge is -2.42. The van der Waals surface area contributed by atoms with Crippen LogP contribution in [0.2, 0.25) is 0 Å². The van der Waals surface area contributed by atoms with Gasteiger partial charge >= 0.3 is 0 Å². The number of hydrogen-bond donors (Lipinski definition) is 1. The number of aryl methyl sites for hydroxylation is 1. The third-order valence-electron chi connectivity index (χ3n) is 8.30. The number of rotatable bonds is 8. The van der Waals surface area contributed by atoms with Gasteiger partial charge in [-0.15, -0.1) is 0 Å². The van der Waals surface area contributed by atoms with Gasteiger partial charge in [-0.1, -0.05) is 41.0 Å². The molecule has 2 fully saturated rings. The molecule has 5 unspecified atom stereocenters. The van der Waals surface area contributed by atoms with Gasteiger partial charge in [0.25, 0.3) is 0 Å². The van der Waals surface area contributed by atoms with E-state index in [0.717, 1.165) is 30.1 Å². The number of likely N-dealkylation sites (N-methyl/N-ethyl adjacent to an activating group) is 1. The van der Waals surface area contributed by atoms with E-state index >= 15 is 0 Å². The highest BCUT2D eigenvalue weighted by Crippen LogP contribution is 2.58.